The Bertz CT molecular complexity index is 1340. The molecule has 0 atom stereocenters. The van der Waals surface area contributed by atoms with Crippen molar-refractivity contribution in [2.75, 3.05) is 36.8 Å². The van der Waals surface area contributed by atoms with Gasteiger partial charge in [-0.15, -0.1) is 0 Å². The van der Waals surface area contributed by atoms with Crippen molar-refractivity contribution < 1.29 is 28.0 Å². The van der Waals surface area contributed by atoms with Crippen molar-refractivity contribution >= 4 is 35.0 Å². The van der Waals surface area contributed by atoms with Gasteiger partial charge in [0.15, 0.2) is 11.5 Å². The highest BCUT2D eigenvalue weighted by molar-refractivity contribution is 6.09. The Morgan fingerprint density at radius 3 is 1.32 bits per heavy atom. The van der Waals surface area contributed by atoms with Crippen LogP contribution in [0.4, 0.5) is 11.4 Å². The lowest BCUT2D eigenvalue weighted by atomic mass is 10.1. The Hall–Kier alpha value is -5.12. The van der Waals surface area contributed by atoms with Crippen LogP contribution in [-0.4, -0.2) is 59.6 Å². The number of piperazine rings is 1. The molecule has 0 unspecified atom stereocenters. The van der Waals surface area contributed by atoms with Crippen molar-refractivity contribution in [3.05, 3.63) is 108 Å². The Balaban J connectivity index is 1.24. The van der Waals surface area contributed by atoms with Crippen LogP contribution < -0.4 is 10.6 Å². The molecule has 4 amide bonds. The molecule has 0 bridgehead atoms. The second kappa shape index (κ2) is 10.9. The van der Waals surface area contributed by atoms with Gasteiger partial charge in [0.05, 0.1) is 35.0 Å². The van der Waals surface area contributed by atoms with Crippen molar-refractivity contribution in [3.63, 3.8) is 0 Å². The number of carbonyl (C=O) groups excluding carboxylic acids is 4. The molecule has 5 rings (SSSR count). The van der Waals surface area contributed by atoms with Crippen LogP contribution in [0.2, 0.25) is 0 Å². The van der Waals surface area contributed by atoms with Gasteiger partial charge in [-0.05, 0) is 48.5 Å². The zero-order chi connectivity index (χ0) is 26.5. The first-order valence-electron chi connectivity index (χ1n) is 12.0. The van der Waals surface area contributed by atoms with Crippen LogP contribution in [0.3, 0.4) is 0 Å². The molecule has 1 saturated heterocycles. The van der Waals surface area contributed by atoms with Gasteiger partial charge in [-0.25, -0.2) is 0 Å². The first kappa shape index (κ1) is 24.6. The van der Waals surface area contributed by atoms with Crippen molar-refractivity contribution in [2.24, 2.45) is 0 Å². The average molecular weight is 513 g/mol. The summed E-state index contributed by atoms with van der Waals surface area (Å²) in [5, 5.41) is 5.45. The standard InChI is InChI=1S/C28H24N4O6/c33-25(23-11-5-17-37-23)29-21-9-3-1-7-19(21)27(35)31-13-15-32(16-14-31)28(36)20-8-2-4-10-22(20)30-26(34)24-12-6-18-38-24/h1-12,17-18H,13-16H2,(H,29,33)(H,30,34). The lowest BCUT2D eigenvalue weighted by molar-refractivity contribution is 0.0536. The number of amides is 4. The van der Waals surface area contributed by atoms with E-state index >= 15 is 0 Å². The number of nitrogens with one attached hydrogen (secondary N) is 2. The SMILES string of the molecule is O=C(Nc1ccccc1C(=O)N1CCN(C(=O)c2ccccc2NC(=O)c2ccco2)CC1)c1ccco1. The first-order chi connectivity index (χ1) is 18.5. The lowest BCUT2D eigenvalue weighted by Crippen LogP contribution is -2.50. The number of furan rings is 2. The Morgan fingerprint density at radius 2 is 0.947 bits per heavy atom. The largest absolute Gasteiger partial charge is 0.459 e. The maximum Gasteiger partial charge on any atom is 0.291 e. The molecule has 2 aromatic carbocycles. The summed E-state index contributed by atoms with van der Waals surface area (Å²) in [4.78, 5) is 54.8. The maximum atomic E-state index is 13.3. The molecule has 38 heavy (non-hydrogen) atoms. The molecule has 1 fully saturated rings. The maximum absolute atomic E-state index is 13.3. The summed E-state index contributed by atoms with van der Waals surface area (Å²) in [7, 11) is 0. The Labute approximate surface area is 217 Å². The number of hydrogen-bond donors (Lipinski definition) is 2. The third kappa shape index (κ3) is 5.19. The second-order valence-corrected chi connectivity index (χ2v) is 8.54. The summed E-state index contributed by atoms with van der Waals surface area (Å²) < 4.78 is 10.3. The number of hydrogen-bond acceptors (Lipinski definition) is 6. The molecule has 0 spiro atoms. The van der Waals surface area contributed by atoms with Crippen LogP contribution in [-0.2, 0) is 0 Å². The molecular formula is C28H24N4O6. The van der Waals surface area contributed by atoms with Gasteiger partial charge in [0, 0.05) is 26.2 Å². The zero-order valence-corrected chi connectivity index (χ0v) is 20.3. The number of anilines is 2. The summed E-state index contributed by atoms with van der Waals surface area (Å²) in [6.07, 6.45) is 2.80. The van der Waals surface area contributed by atoms with E-state index in [-0.39, 0.29) is 23.3 Å². The van der Waals surface area contributed by atoms with Crippen molar-refractivity contribution in [3.8, 4) is 0 Å². The summed E-state index contributed by atoms with van der Waals surface area (Å²) in [6.45, 7) is 1.25. The van der Waals surface area contributed by atoms with Gasteiger partial charge in [0.1, 0.15) is 0 Å². The fourth-order valence-corrected chi connectivity index (χ4v) is 4.19. The van der Waals surface area contributed by atoms with E-state index in [4.69, 9.17) is 8.83 Å². The van der Waals surface area contributed by atoms with Gasteiger partial charge >= 0.3 is 0 Å². The summed E-state index contributed by atoms with van der Waals surface area (Å²) >= 11 is 0. The predicted octanol–water partition coefficient (Wildman–Crippen LogP) is 3.98. The van der Waals surface area contributed by atoms with Crippen molar-refractivity contribution in [1.29, 1.82) is 0 Å². The summed E-state index contributed by atoms with van der Waals surface area (Å²) in [5.74, 6) is -1.14. The van der Waals surface area contributed by atoms with Gasteiger partial charge in [-0.2, -0.15) is 0 Å². The molecule has 4 aromatic rings. The summed E-state index contributed by atoms with van der Waals surface area (Å²) in [6, 6.07) is 19.8. The molecule has 192 valence electrons. The molecule has 0 saturated carbocycles. The van der Waals surface area contributed by atoms with Crippen LogP contribution in [0.25, 0.3) is 0 Å². The molecule has 3 heterocycles. The minimum atomic E-state index is -0.455. The monoisotopic (exact) mass is 512 g/mol. The smallest absolute Gasteiger partial charge is 0.291 e. The Kier molecular flexibility index (Phi) is 7.03. The van der Waals surface area contributed by atoms with Gasteiger partial charge < -0.3 is 29.3 Å². The van der Waals surface area contributed by atoms with Crippen LogP contribution in [0, 0.1) is 0 Å². The van der Waals surface area contributed by atoms with E-state index in [1.165, 1.54) is 24.7 Å². The molecular weight excluding hydrogens is 488 g/mol. The molecule has 10 nitrogen and oxygen atoms in total. The highest BCUT2D eigenvalue weighted by Crippen LogP contribution is 2.22. The van der Waals surface area contributed by atoms with Gasteiger partial charge in [0.25, 0.3) is 23.6 Å². The fourth-order valence-electron chi connectivity index (χ4n) is 4.19. The molecule has 1 aliphatic rings. The number of para-hydroxylation sites is 2. The molecule has 0 aliphatic carbocycles. The van der Waals surface area contributed by atoms with Crippen molar-refractivity contribution in [2.45, 2.75) is 0 Å². The van der Waals surface area contributed by atoms with Gasteiger partial charge in [-0.3, -0.25) is 19.2 Å². The molecule has 1 aliphatic heterocycles. The average Bonchev–Trinajstić information content (AvgIpc) is 3.68. The van der Waals surface area contributed by atoms with Gasteiger partial charge in [-0.1, -0.05) is 24.3 Å². The van der Waals surface area contributed by atoms with E-state index in [2.05, 4.69) is 10.6 Å². The normalized spacial score (nSPS) is 13.2. The highest BCUT2D eigenvalue weighted by atomic mass is 16.3. The molecule has 10 heteroatoms. The minimum absolute atomic E-state index is 0.139. The van der Waals surface area contributed by atoms with E-state index in [1.54, 1.807) is 70.5 Å². The lowest BCUT2D eigenvalue weighted by Gasteiger charge is -2.35. The predicted molar refractivity (Wildman–Crippen MR) is 138 cm³/mol. The van der Waals surface area contributed by atoms with E-state index in [1.807, 2.05) is 0 Å². The van der Waals surface area contributed by atoms with E-state index < -0.39 is 11.8 Å². The van der Waals surface area contributed by atoms with E-state index in [9.17, 15) is 19.2 Å². The van der Waals surface area contributed by atoms with Gasteiger partial charge in [0.2, 0.25) is 0 Å². The quantitative estimate of drug-likeness (QED) is 0.403. The van der Waals surface area contributed by atoms with Crippen LogP contribution in [0.1, 0.15) is 41.8 Å². The van der Waals surface area contributed by atoms with E-state index in [0.717, 1.165) is 0 Å². The molecule has 2 aromatic heterocycles. The second-order valence-electron chi connectivity index (χ2n) is 8.54. The number of nitrogens with zero attached hydrogens (tertiary/aromatic N) is 2. The Morgan fingerprint density at radius 1 is 0.553 bits per heavy atom. The number of benzene rings is 2. The van der Waals surface area contributed by atoms with Crippen LogP contribution >= 0.6 is 0 Å². The van der Waals surface area contributed by atoms with Crippen LogP contribution in [0.5, 0.6) is 0 Å². The fraction of sp³-hybridized carbons (Fsp3) is 0.143. The van der Waals surface area contributed by atoms with Crippen LogP contribution in [0.15, 0.2) is 94.2 Å². The third-order valence-corrected chi connectivity index (χ3v) is 6.16. The number of rotatable bonds is 6. The number of carbonyl (C=O) groups is 4. The molecule has 0 radical (unpaired) electrons. The summed E-state index contributed by atoms with van der Waals surface area (Å²) in [5.41, 5.74) is 1.44. The third-order valence-electron chi connectivity index (χ3n) is 6.16. The minimum Gasteiger partial charge on any atom is -0.459 e. The van der Waals surface area contributed by atoms with E-state index in [0.29, 0.717) is 48.7 Å². The first-order valence-corrected chi connectivity index (χ1v) is 12.0. The zero-order valence-electron chi connectivity index (χ0n) is 20.3. The topological polar surface area (TPSA) is 125 Å². The highest BCUT2D eigenvalue weighted by Gasteiger charge is 2.28. The molecule has 2 N–H and O–H groups in total. The van der Waals surface area contributed by atoms with Crippen molar-refractivity contribution in [1.82, 2.24) is 9.80 Å².